The molecular weight excluding hydrogens is 386 g/mol. The molecule has 4 amide bonds. The van der Waals surface area contributed by atoms with Crippen LogP contribution in [0.5, 0.6) is 11.5 Å². The van der Waals surface area contributed by atoms with Crippen LogP contribution >= 0.6 is 0 Å². The molecule has 1 N–H and O–H groups in total. The van der Waals surface area contributed by atoms with Crippen LogP contribution in [-0.4, -0.2) is 48.2 Å². The number of nitrogens with one attached hydrogen (secondary N) is 1. The minimum atomic E-state index is -1.14. The lowest BCUT2D eigenvalue weighted by molar-refractivity contribution is -0.133. The summed E-state index contributed by atoms with van der Waals surface area (Å²) in [5.41, 5.74) is 0.401. The number of likely N-dealkylation sites (N-methyl/N-ethyl adjacent to an activating group) is 1. The molecule has 1 atom stereocenters. The van der Waals surface area contributed by atoms with Crippen LogP contribution in [0.4, 0.5) is 10.5 Å². The maximum absolute atomic E-state index is 13.1. The number of para-hydroxylation sites is 1. The summed E-state index contributed by atoms with van der Waals surface area (Å²) in [7, 11) is 0. The van der Waals surface area contributed by atoms with Gasteiger partial charge in [0.1, 0.15) is 12.1 Å². The molecule has 0 bridgehead atoms. The number of benzene rings is 2. The summed E-state index contributed by atoms with van der Waals surface area (Å²) in [5, 5.41) is 2.74. The van der Waals surface area contributed by atoms with Gasteiger partial charge in [-0.1, -0.05) is 24.3 Å². The number of imide groups is 1. The van der Waals surface area contributed by atoms with E-state index < -0.39 is 17.5 Å². The molecule has 0 radical (unpaired) electrons. The Morgan fingerprint density at radius 3 is 2.60 bits per heavy atom. The van der Waals surface area contributed by atoms with Gasteiger partial charge >= 0.3 is 6.03 Å². The van der Waals surface area contributed by atoms with E-state index in [1.54, 1.807) is 24.0 Å². The molecule has 2 aromatic carbocycles. The Balaban J connectivity index is 1.48. The predicted molar refractivity (Wildman–Crippen MR) is 109 cm³/mol. The van der Waals surface area contributed by atoms with Gasteiger partial charge in [-0.2, -0.15) is 0 Å². The Morgan fingerprint density at radius 2 is 1.87 bits per heavy atom. The Kier molecular flexibility index (Phi) is 5.07. The van der Waals surface area contributed by atoms with Crippen LogP contribution < -0.4 is 19.7 Å². The summed E-state index contributed by atoms with van der Waals surface area (Å²) in [5.74, 6) is 0.516. The van der Waals surface area contributed by atoms with Crippen LogP contribution in [0.25, 0.3) is 0 Å². The summed E-state index contributed by atoms with van der Waals surface area (Å²) >= 11 is 0. The first-order valence-electron chi connectivity index (χ1n) is 9.79. The van der Waals surface area contributed by atoms with E-state index in [0.717, 1.165) is 16.2 Å². The molecule has 0 aromatic heterocycles. The Morgan fingerprint density at radius 1 is 1.13 bits per heavy atom. The number of carbonyl (C=O) groups excluding carboxylic acids is 3. The molecule has 2 aromatic rings. The molecule has 1 fully saturated rings. The third-order valence-electron chi connectivity index (χ3n) is 5.32. The number of carbonyl (C=O) groups is 3. The van der Waals surface area contributed by atoms with Gasteiger partial charge < -0.3 is 19.7 Å². The first kappa shape index (κ1) is 19.8. The number of rotatable bonds is 6. The lowest BCUT2D eigenvalue weighted by Crippen LogP contribution is -2.47. The Bertz CT molecular complexity index is 994. The van der Waals surface area contributed by atoms with Crippen molar-refractivity contribution in [3.8, 4) is 11.5 Å². The molecule has 1 saturated heterocycles. The molecule has 2 aliphatic heterocycles. The molecule has 2 aliphatic rings. The zero-order valence-electron chi connectivity index (χ0n) is 16.9. The van der Waals surface area contributed by atoms with Crippen LogP contribution in [0.2, 0.25) is 0 Å². The van der Waals surface area contributed by atoms with Crippen LogP contribution in [-0.2, 0) is 16.0 Å². The fourth-order valence-corrected chi connectivity index (χ4v) is 3.80. The van der Waals surface area contributed by atoms with E-state index in [1.165, 1.54) is 0 Å². The molecule has 4 rings (SSSR count). The van der Waals surface area contributed by atoms with Gasteiger partial charge in [-0.15, -0.1) is 0 Å². The molecule has 8 nitrogen and oxygen atoms in total. The molecule has 8 heteroatoms. The van der Waals surface area contributed by atoms with Crippen LogP contribution in [0, 0.1) is 0 Å². The fourth-order valence-electron chi connectivity index (χ4n) is 3.80. The minimum Gasteiger partial charge on any atom is -0.454 e. The van der Waals surface area contributed by atoms with Crippen molar-refractivity contribution in [2.24, 2.45) is 0 Å². The largest absolute Gasteiger partial charge is 0.454 e. The Labute approximate surface area is 174 Å². The van der Waals surface area contributed by atoms with E-state index in [1.807, 2.05) is 43.3 Å². The van der Waals surface area contributed by atoms with Gasteiger partial charge in [-0.3, -0.25) is 14.5 Å². The van der Waals surface area contributed by atoms with E-state index in [0.29, 0.717) is 18.0 Å². The van der Waals surface area contributed by atoms with Crippen molar-refractivity contribution in [3.05, 3.63) is 54.1 Å². The number of ether oxygens (including phenoxy) is 2. The van der Waals surface area contributed by atoms with Gasteiger partial charge in [-0.05, 0) is 43.7 Å². The number of fused-ring (bicyclic) bond motifs is 1. The fraction of sp³-hybridized carbons (Fsp3) is 0.318. The number of hydrogen-bond donors (Lipinski definition) is 1. The predicted octanol–water partition coefficient (Wildman–Crippen LogP) is 2.32. The summed E-state index contributed by atoms with van der Waals surface area (Å²) in [6.45, 7) is 3.79. The molecule has 0 spiro atoms. The van der Waals surface area contributed by atoms with Gasteiger partial charge in [-0.25, -0.2) is 4.79 Å². The van der Waals surface area contributed by atoms with Crippen molar-refractivity contribution < 1.29 is 23.9 Å². The van der Waals surface area contributed by atoms with Gasteiger partial charge in [0, 0.05) is 18.7 Å². The van der Waals surface area contributed by atoms with Crippen LogP contribution in [0.15, 0.2) is 48.5 Å². The van der Waals surface area contributed by atoms with E-state index in [-0.39, 0.29) is 25.7 Å². The van der Waals surface area contributed by atoms with Crippen molar-refractivity contribution >= 4 is 23.5 Å². The van der Waals surface area contributed by atoms with Crippen LogP contribution in [0.1, 0.15) is 19.4 Å². The lowest BCUT2D eigenvalue weighted by Gasteiger charge is -2.24. The third-order valence-corrected chi connectivity index (χ3v) is 5.32. The second kappa shape index (κ2) is 7.70. The van der Waals surface area contributed by atoms with Gasteiger partial charge in [0.05, 0.1) is 0 Å². The molecule has 0 saturated carbocycles. The van der Waals surface area contributed by atoms with E-state index in [2.05, 4.69) is 5.32 Å². The van der Waals surface area contributed by atoms with E-state index >= 15 is 0 Å². The Hall–Kier alpha value is -3.55. The maximum atomic E-state index is 13.1. The monoisotopic (exact) mass is 409 g/mol. The highest BCUT2D eigenvalue weighted by atomic mass is 16.7. The summed E-state index contributed by atoms with van der Waals surface area (Å²) in [6, 6.07) is 14.0. The highest BCUT2D eigenvalue weighted by Gasteiger charge is 2.48. The van der Waals surface area contributed by atoms with Gasteiger partial charge in [0.15, 0.2) is 11.5 Å². The highest BCUT2D eigenvalue weighted by Crippen LogP contribution is 2.34. The number of nitrogens with zero attached hydrogens (tertiary/aromatic N) is 2. The van der Waals surface area contributed by atoms with Crippen molar-refractivity contribution in [3.63, 3.8) is 0 Å². The standard InChI is InChI=1S/C22H23N3O5/c1-3-24(16-7-5-4-6-8-16)19(26)13-25-20(27)22(2,23-21(25)28)12-15-9-10-17-18(11-15)30-14-29-17/h4-11H,3,12-14H2,1-2H3,(H,23,28)/t22-/m0/s1. The molecule has 2 heterocycles. The molecule has 156 valence electrons. The zero-order chi connectivity index (χ0) is 21.3. The zero-order valence-corrected chi connectivity index (χ0v) is 16.9. The van der Waals surface area contributed by atoms with E-state index in [4.69, 9.17) is 9.47 Å². The highest BCUT2D eigenvalue weighted by molar-refractivity contribution is 6.10. The summed E-state index contributed by atoms with van der Waals surface area (Å²) < 4.78 is 10.7. The number of amides is 4. The first-order chi connectivity index (χ1) is 14.4. The lowest BCUT2D eigenvalue weighted by atomic mass is 9.92. The number of urea groups is 1. The third kappa shape index (κ3) is 3.56. The number of hydrogen-bond acceptors (Lipinski definition) is 5. The summed E-state index contributed by atoms with van der Waals surface area (Å²) in [4.78, 5) is 41.0. The van der Waals surface area contributed by atoms with Crippen molar-refractivity contribution in [2.75, 3.05) is 24.8 Å². The smallest absolute Gasteiger partial charge is 0.325 e. The summed E-state index contributed by atoms with van der Waals surface area (Å²) in [6.07, 6.45) is 0.273. The number of anilines is 1. The second-order valence-electron chi connectivity index (χ2n) is 7.49. The first-order valence-corrected chi connectivity index (χ1v) is 9.79. The van der Waals surface area contributed by atoms with Crippen LogP contribution in [0.3, 0.4) is 0 Å². The van der Waals surface area contributed by atoms with Gasteiger partial charge in [0.2, 0.25) is 12.7 Å². The average Bonchev–Trinajstić information content (AvgIpc) is 3.27. The molecule has 30 heavy (non-hydrogen) atoms. The maximum Gasteiger partial charge on any atom is 0.325 e. The SMILES string of the molecule is CCN(C(=O)CN1C(=O)N[C@@](C)(Cc2ccc3c(c2)OCO3)C1=O)c1ccccc1. The second-order valence-corrected chi connectivity index (χ2v) is 7.49. The van der Waals surface area contributed by atoms with E-state index in [9.17, 15) is 14.4 Å². The van der Waals surface area contributed by atoms with Crippen molar-refractivity contribution in [2.45, 2.75) is 25.8 Å². The topological polar surface area (TPSA) is 88.2 Å². The normalized spacial score (nSPS) is 19.7. The minimum absolute atomic E-state index is 0.164. The molecule has 0 unspecified atom stereocenters. The van der Waals surface area contributed by atoms with Crippen molar-refractivity contribution in [1.29, 1.82) is 0 Å². The van der Waals surface area contributed by atoms with Crippen molar-refractivity contribution in [1.82, 2.24) is 10.2 Å². The molecule has 0 aliphatic carbocycles. The molecular formula is C22H23N3O5. The van der Waals surface area contributed by atoms with Gasteiger partial charge in [0.25, 0.3) is 5.91 Å². The average molecular weight is 409 g/mol. The quantitative estimate of drug-likeness (QED) is 0.740.